The van der Waals surface area contributed by atoms with Crippen LogP contribution in [0.4, 0.5) is 28.8 Å². The predicted octanol–water partition coefficient (Wildman–Crippen LogP) is 2.82. The minimum atomic E-state index is -0.0451. The molecule has 0 spiro atoms. The van der Waals surface area contributed by atoms with Gasteiger partial charge >= 0.3 is 0 Å². The first-order chi connectivity index (χ1) is 18.4. The Morgan fingerprint density at radius 2 is 2.05 bits per heavy atom. The number of fused-ring (bicyclic) bond motifs is 1. The lowest BCUT2D eigenvalue weighted by Gasteiger charge is -2.20. The number of aromatic nitrogens is 7. The van der Waals surface area contributed by atoms with Crippen LogP contribution in [0.2, 0.25) is 0 Å². The third-order valence-electron chi connectivity index (χ3n) is 6.66. The molecule has 3 N–H and O–H groups in total. The zero-order valence-electron chi connectivity index (χ0n) is 22.1. The van der Waals surface area contributed by atoms with E-state index in [0.717, 1.165) is 41.8 Å². The molecule has 1 atom stereocenters. The van der Waals surface area contributed by atoms with Crippen LogP contribution in [0.5, 0.6) is 0 Å². The Balaban J connectivity index is 1.29. The lowest BCUT2D eigenvalue weighted by atomic mass is 10.2. The molecule has 0 saturated carbocycles. The third-order valence-corrected chi connectivity index (χ3v) is 6.66. The number of hydrogen-bond donors (Lipinski definition) is 3. The number of anilines is 5. The van der Waals surface area contributed by atoms with Gasteiger partial charge < -0.3 is 20.7 Å². The summed E-state index contributed by atoms with van der Waals surface area (Å²) in [7, 11) is 3.49. The molecule has 0 bridgehead atoms. The molecule has 0 aromatic carbocycles. The largest absolute Gasteiger partial charge is 0.383 e. The van der Waals surface area contributed by atoms with Crippen molar-refractivity contribution in [3.05, 3.63) is 36.5 Å². The quantitative estimate of drug-likeness (QED) is 0.286. The van der Waals surface area contributed by atoms with Gasteiger partial charge in [-0.2, -0.15) is 15.2 Å². The van der Waals surface area contributed by atoms with Crippen molar-refractivity contribution in [1.29, 1.82) is 0 Å². The highest BCUT2D eigenvalue weighted by molar-refractivity contribution is 5.93. The number of hydrogen-bond acceptors (Lipinski definition) is 10. The fourth-order valence-corrected chi connectivity index (χ4v) is 4.52. The maximum absolute atomic E-state index is 12.6. The lowest BCUT2D eigenvalue weighted by molar-refractivity contribution is -0.117. The third kappa shape index (κ3) is 5.73. The van der Waals surface area contributed by atoms with E-state index in [1.165, 1.54) is 0 Å². The molecule has 0 aliphatic carbocycles. The fourth-order valence-electron chi connectivity index (χ4n) is 4.52. The molecule has 1 aliphatic heterocycles. The number of nitrogens with zero attached hydrogens (tertiary/aromatic N) is 8. The Kier molecular flexibility index (Phi) is 7.47. The molecule has 4 aromatic heterocycles. The Morgan fingerprint density at radius 3 is 2.84 bits per heavy atom. The average Bonchev–Trinajstić information content (AvgIpc) is 3.59. The monoisotopic (exact) mass is 519 g/mol. The zero-order chi connectivity index (χ0) is 26.6. The maximum atomic E-state index is 12.6. The van der Waals surface area contributed by atoms with Gasteiger partial charge in [0.15, 0.2) is 11.5 Å². The number of nitrogens with one attached hydrogen (secondary N) is 3. The van der Waals surface area contributed by atoms with Gasteiger partial charge in [-0.15, -0.1) is 0 Å². The van der Waals surface area contributed by atoms with E-state index in [-0.39, 0.29) is 5.91 Å². The molecular formula is C25H33N11O2. The van der Waals surface area contributed by atoms with Gasteiger partial charge in [0, 0.05) is 32.6 Å². The topological polar surface area (TPSA) is 140 Å². The van der Waals surface area contributed by atoms with Crippen LogP contribution in [-0.4, -0.2) is 78.2 Å². The van der Waals surface area contributed by atoms with Crippen LogP contribution in [0.3, 0.4) is 0 Å². The molecule has 13 heteroatoms. The van der Waals surface area contributed by atoms with E-state index in [4.69, 9.17) is 4.74 Å². The van der Waals surface area contributed by atoms with Gasteiger partial charge in [-0.3, -0.25) is 19.4 Å². The summed E-state index contributed by atoms with van der Waals surface area (Å²) in [6.07, 6.45) is 9.24. The Hall–Kier alpha value is -4.10. The zero-order valence-corrected chi connectivity index (χ0v) is 22.1. The smallest absolute Gasteiger partial charge is 0.238 e. The van der Waals surface area contributed by atoms with Gasteiger partial charge in [0.05, 0.1) is 60.2 Å². The van der Waals surface area contributed by atoms with Crippen LogP contribution in [0.25, 0.3) is 11.0 Å². The van der Waals surface area contributed by atoms with Crippen LogP contribution < -0.4 is 16.0 Å². The van der Waals surface area contributed by atoms with E-state index in [1.54, 1.807) is 35.1 Å². The van der Waals surface area contributed by atoms with Crippen molar-refractivity contribution >= 4 is 45.8 Å². The first kappa shape index (κ1) is 25.5. The average molecular weight is 520 g/mol. The molecule has 0 unspecified atom stereocenters. The van der Waals surface area contributed by atoms with Crippen molar-refractivity contribution in [3.63, 3.8) is 0 Å². The summed E-state index contributed by atoms with van der Waals surface area (Å²) in [6.45, 7) is 6.63. The van der Waals surface area contributed by atoms with Gasteiger partial charge in [-0.25, -0.2) is 9.67 Å². The van der Waals surface area contributed by atoms with Gasteiger partial charge in [-0.05, 0) is 39.3 Å². The van der Waals surface area contributed by atoms with Crippen molar-refractivity contribution in [1.82, 2.24) is 39.4 Å². The molecule has 13 nitrogen and oxygen atoms in total. The van der Waals surface area contributed by atoms with Crippen LogP contribution >= 0.6 is 0 Å². The van der Waals surface area contributed by atoms with Crippen molar-refractivity contribution in [2.24, 2.45) is 7.05 Å². The van der Waals surface area contributed by atoms with E-state index >= 15 is 0 Å². The maximum Gasteiger partial charge on any atom is 0.238 e. The summed E-state index contributed by atoms with van der Waals surface area (Å²) in [6, 6.07) is 2.30. The number of ether oxygens (including phenoxy) is 1. The molecule has 1 aliphatic rings. The SMILES string of the molecule is COCCn1cc(Nc2ncc3c(Nc4cc(NC(=O)CN5CCC[C@@H]5C)cnc4C)nn(C)c3n2)cn1. The molecule has 1 amide bonds. The molecule has 1 saturated heterocycles. The number of carbonyl (C=O) groups is 1. The van der Waals surface area contributed by atoms with E-state index < -0.39 is 0 Å². The van der Waals surface area contributed by atoms with Crippen LogP contribution in [0.1, 0.15) is 25.5 Å². The van der Waals surface area contributed by atoms with Crippen molar-refractivity contribution < 1.29 is 9.53 Å². The minimum absolute atomic E-state index is 0.0451. The number of likely N-dealkylation sites (tertiary alicyclic amines) is 1. The molecule has 4 aromatic rings. The van der Waals surface area contributed by atoms with Gasteiger partial charge in [0.25, 0.3) is 0 Å². The first-order valence-electron chi connectivity index (χ1n) is 12.7. The van der Waals surface area contributed by atoms with Gasteiger partial charge in [0.1, 0.15) is 0 Å². The van der Waals surface area contributed by atoms with E-state index in [0.29, 0.717) is 48.8 Å². The molecule has 200 valence electrons. The highest BCUT2D eigenvalue weighted by atomic mass is 16.5. The van der Waals surface area contributed by atoms with Crippen molar-refractivity contribution in [3.8, 4) is 0 Å². The molecule has 38 heavy (non-hydrogen) atoms. The van der Waals surface area contributed by atoms with Crippen molar-refractivity contribution in [2.75, 3.05) is 42.8 Å². The number of methoxy groups -OCH3 is 1. The van der Waals surface area contributed by atoms with E-state index in [2.05, 4.69) is 52.9 Å². The molecule has 0 radical (unpaired) electrons. The van der Waals surface area contributed by atoms with Crippen molar-refractivity contribution in [2.45, 2.75) is 39.3 Å². The second-order valence-corrected chi connectivity index (χ2v) is 9.50. The lowest BCUT2D eigenvalue weighted by Crippen LogP contribution is -2.35. The molecule has 1 fully saturated rings. The normalized spacial score (nSPS) is 15.7. The Morgan fingerprint density at radius 1 is 1.18 bits per heavy atom. The number of carbonyl (C=O) groups excluding carboxylic acids is 1. The Labute approximate surface area is 220 Å². The molecular weight excluding hydrogens is 486 g/mol. The summed E-state index contributed by atoms with van der Waals surface area (Å²) < 4.78 is 8.57. The molecule has 5 rings (SSSR count). The number of aryl methyl sites for hydroxylation is 2. The summed E-state index contributed by atoms with van der Waals surface area (Å²) in [5.74, 6) is 0.991. The summed E-state index contributed by atoms with van der Waals surface area (Å²) >= 11 is 0. The van der Waals surface area contributed by atoms with E-state index in [1.807, 2.05) is 26.2 Å². The van der Waals surface area contributed by atoms with Crippen LogP contribution in [-0.2, 0) is 23.1 Å². The van der Waals surface area contributed by atoms with Gasteiger partial charge in [0.2, 0.25) is 11.9 Å². The highest BCUT2D eigenvalue weighted by Crippen LogP contribution is 2.28. The second-order valence-electron chi connectivity index (χ2n) is 9.50. The van der Waals surface area contributed by atoms with Gasteiger partial charge in [-0.1, -0.05) is 0 Å². The standard InChI is InChI=1S/C25H33N11O2/c1-16-6-5-7-35(16)15-22(37)29-18-10-21(17(2)26-11-18)31-23-20-13-27-25(32-24(20)34(3)33-23)30-19-12-28-36(14-19)8-9-38-4/h10-14,16H,5-9,15H2,1-4H3,(H,29,37)(H,31,33)(H,27,30,32)/t16-/m0/s1. The first-order valence-corrected chi connectivity index (χ1v) is 12.7. The summed E-state index contributed by atoms with van der Waals surface area (Å²) in [4.78, 5) is 28.4. The Bertz CT molecular complexity index is 1430. The second kappa shape index (κ2) is 11.1. The van der Waals surface area contributed by atoms with E-state index in [9.17, 15) is 4.79 Å². The number of amides is 1. The number of pyridine rings is 1. The number of rotatable bonds is 10. The minimum Gasteiger partial charge on any atom is -0.383 e. The van der Waals surface area contributed by atoms with Crippen LogP contribution in [0, 0.1) is 6.92 Å². The molecule has 5 heterocycles. The summed E-state index contributed by atoms with van der Waals surface area (Å²) in [5.41, 5.74) is 3.58. The predicted molar refractivity (Wildman–Crippen MR) is 145 cm³/mol. The summed E-state index contributed by atoms with van der Waals surface area (Å²) in [5, 5.41) is 19.2. The fraction of sp³-hybridized carbons (Fsp3) is 0.440. The highest BCUT2D eigenvalue weighted by Gasteiger charge is 2.22. The van der Waals surface area contributed by atoms with Crippen LogP contribution in [0.15, 0.2) is 30.9 Å².